The number of hydrogen-bond donors (Lipinski definition) is 0. The van der Waals surface area contributed by atoms with E-state index >= 15 is 0 Å². The summed E-state index contributed by atoms with van der Waals surface area (Å²) in [5.74, 6) is 0. The summed E-state index contributed by atoms with van der Waals surface area (Å²) < 4.78 is 0. The molecule has 0 bridgehead atoms. The normalized spacial score (nSPS) is 13.4. The van der Waals surface area contributed by atoms with Crippen molar-refractivity contribution < 1.29 is 20.3 Å². The Morgan fingerprint density at radius 2 is 0.412 bits per heavy atom. The third kappa shape index (κ3) is 11.0. The van der Waals surface area contributed by atoms with Crippen LogP contribution in [0.2, 0.25) is 78.6 Å². The van der Waals surface area contributed by atoms with Gasteiger partial charge >= 0.3 is 18.9 Å². The Balaban J connectivity index is -0.0000000980. The fraction of sp³-hybridized carbons (Fsp3) is 1.00. The van der Waals surface area contributed by atoms with Crippen LogP contribution in [0.25, 0.3) is 0 Å². The summed E-state index contributed by atoms with van der Waals surface area (Å²) in [6.45, 7) is 29.7. The van der Waals surface area contributed by atoms with Crippen LogP contribution in [-0.4, -0.2) is 30.4 Å². The Hall–Kier alpha value is 1.46. The molecule has 0 radical (unpaired) electrons. The molecule has 0 spiro atoms. The Bertz CT molecular complexity index is 158. The van der Waals surface area contributed by atoms with E-state index in [1.165, 1.54) is 0 Å². The molecule has 0 heterocycles. The van der Waals surface area contributed by atoms with Crippen LogP contribution in [0.4, 0.5) is 0 Å². The molecule has 0 saturated heterocycles. The van der Waals surface area contributed by atoms with Gasteiger partial charge in [0.25, 0.3) is 0 Å². The smallest absolute Gasteiger partial charge is 1.00 e. The van der Waals surface area contributed by atoms with Crippen LogP contribution in [0.5, 0.6) is 0 Å². The summed E-state index contributed by atoms with van der Waals surface area (Å²) in [7, 11) is -2.88. The van der Waals surface area contributed by atoms with E-state index in [1.807, 2.05) is 0 Å². The Labute approximate surface area is 129 Å². The largest absolute Gasteiger partial charge is 1.00 e. The molecule has 0 aromatic carbocycles. The van der Waals surface area contributed by atoms with Crippen molar-refractivity contribution in [2.45, 2.75) is 78.6 Å². The van der Waals surface area contributed by atoms with Crippen molar-refractivity contribution in [2.75, 3.05) is 0 Å². The fourth-order valence-electron chi connectivity index (χ4n) is 0. The number of rotatable bonds is 2. The average molecular weight is 301 g/mol. The maximum Gasteiger partial charge on any atom is 1.00 e. The molecule has 0 aliphatic rings. The third-order valence-corrected chi connectivity index (χ3v) is 40.5. The second-order valence-electron chi connectivity index (χ2n) is 9.00. The topological polar surface area (TPSA) is 0 Å². The van der Waals surface area contributed by atoms with Gasteiger partial charge < -0.3 is 1.43 Å². The number of hydrogen-bond acceptors (Lipinski definition) is 0. The Morgan fingerprint density at radius 1 is 0.353 bits per heavy atom. The molecule has 0 atom stereocenters. The Kier molecular flexibility index (Phi) is 10.1. The molecule has 0 aromatic heterocycles. The molecule has 0 saturated carbocycles. The predicted octanol–water partition coefficient (Wildman–Crippen LogP) is 2.60. The average Bonchev–Trinajstić information content (AvgIpc) is 1.77. The van der Waals surface area contributed by atoms with Crippen LogP contribution in [0.3, 0.4) is 0 Å². The first-order valence-corrected chi connectivity index (χ1v) is 22.5. The van der Waals surface area contributed by atoms with Crippen molar-refractivity contribution in [3.05, 3.63) is 0 Å². The van der Waals surface area contributed by atoms with Crippen molar-refractivity contribution in [3.8, 4) is 0 Å². The zero-order valence-electron chi connectivity index (χ0n) is 16.0. The van der Waals surface area contributed by atoms with Crippen LogP contribution >= 0.6 is 0 Å². The molecule has 0 rings (SSSR count). The minimum absolute atomic E-state index is 0. The van der Waals surface area contributed by atoms with E-state index in [1.54, 1.807) is 0 Å². The maximum absolute atomic E-state index is 2.47. The summed E-state index contributed by atoms with van der Waals surface area (Å²) in [5.41, 5.74) is 0. The minimum Gasteiger partial charge on any atom is -1.00 e. The van der Waals surface area contributed by atoms with E-state index in [-0.39, 0.29) is 20.3 Å². The van der Waals surface area contributed by atoms with Gasteiger partial charge in [-0.2, -0.15) is 0 Å². The van der Waals surface area contributed by atoms with Crippen molar-refractivity contribution in [3.63, 3.8) is 0 Å². The van der Waals surface area contributed by atoms with Gasteiger partial charge in [-0.05, 0) is 0 Å². The third-order valence-electron chi connectivity index (χ3n) is 4.50. The molecule has 0 amide bonds. The maximum atomic E-state index is 2.47. The molecule has 0 unspecified atom stereocenters. The van der Waals surface area contributed by atoms with Crippen LogP contribution < -0.4 is 18.9 Å². The first-order valence-electron chi connectivity index (χ1n) is 6.50. The zero-order valence-corrected chi connectivity index (χ0v) is 19.0. The molecule has 17 heavy (non-hydrogen) atoms. The Morgan fingerprint density at radius 3 is 0.412 bits per heavy atom. The van der Waals surface area contributed by atoms with E-state index in [0.29, 0.717) is 0 Å². The monoisotopic (exact) mass is 300 g/mol. The molecular formula is C12H37LiSi4. The van der Waals surface area contributed by atoms with Gasteiger partial charge in [0, 0.05) is 30.4 Å². The summed E-state index contributed by atoms with van der Waals surface area (Å²) in [4.78, 5) is 0. The van der Waals surface area contributed by atoms with E-state index in [0.717, 1.165) is 0 Å². The standard InChI is InChI=1S/2C6H18Si2.Li.H/c2*1-7(2,3)8(4,5)6;;/h2*1-6H3;;/q;;+1;-1. The van der Waals surface area contributed by atoms with E-state index in [9.17, 15) is 0 Å². The molecular weight excluding hydrogens is 263 g/mol. The van der Waals surface area contributed by atoms with E-state index < -0.39 is 30.4 Å². The van der Waals surface area contributed by atoms with E-state index in [2.05, 4.69) is 78.6 Å². The van der Waals surface area contributed by atoms with E-state index in [4.69, 9.17) is 0 Å². The van der Waals surface area contributed by atoms with Gasteiger partial charge in [-0.15, -0.1) is 0 Å². The summed E-state index contributed by atoms with van der Waals surface area (Å²) in [5, 5.41) is 0. The minimum atomic E-state index is -0.720. The first-order chi connectivity index (χ1) is 6.50. The predicted molar refractivity (Wildman–Crippen MR) is 94.5 cm³/mol. The van der Waals surface area contributed by atoms with Crippen molar-refractivity contribution in [1.82, 2.24) is 0 Å². The van der Waals surface area contributed by atoms with Crippen LogP contribution in [0.1, 0.15) is 1.43 Å². The fourth-order valence-corrected chi connectivity index (χ4v) is 0. The molecule has 0 aliphatic carbocycles. The van der Waals surface area contributed by atoms with Gasteiger partial charge in [0.15, 0.2) is 0 Å². The van der Waals surface area contributed by atoms with Crippen molar-refractivity contribution >= 4 is 30.4 Å². The second-order valence-corrected chi connectivity index (χ2v) is 45.0. The first kappa shape index (κ1) is 23.5. The molecule has 0 aliphatic heterocycles. The molecule has 0 fully saturated rings. The van der Waals surface area contributed by atoms with Gasteiger partial charge in [0.05, 0.1) is 0 Å². The molecule has 102 valence electrons. The van der Waals surface area contributed by atoms with Gasteiger partial charge in [0.2, 0.25) is 0 Å². The van der Waals surface area contributed by atoms with Crippen LogP contribution in [0, 0.1) is 0 Å². The zero-order chi connectivity index (χ0) is 14.0. The van der Waals surface area contributed by atoms with Crippen LogP contribution in [-0.2, 0) is 0 Å². The summed E-state index contributed by atoms with van der Waals surface area (Å²) in [6, 6.07) is 0. The van der Waals surface area contributed by atoms with Crippen molar-refractivity contribution in [2.24, 2.45) is 0 Å². The SMILES string of the molecule is C[Si](C)(C)[Si](C)(C)C.C[Si](C)(C)[Si](C)(C)C.[H-].[Li+]. The van der Waals surface area contributed by atoms with Crippen molar-refractivity contribution in [1.29, 1.82) is 0 Å². The molecule has 0 nitrogen and oxygen atoms in total. The van der Waals surface area contributed by atoms with Gasteiger partial charge in [-0.25, -0.2) is 0 Å². The quantitative estimate of drug-likeness (QED) is 0.688. The molecule has 0 N–H and O–H groups in total. The molecule has 0 aromatic rings. The molecule has 5 heteroatoms. The summed E-state index contributed by atoms with van der Waals surface area (Å²) in [6.07, 6.45) is 0. The van der Waals surface area contributed by atoms with Gasteiger partial charge in [0.1, 0.15) is 0 Å². The van der Waals surface area contributed by atoms with Gasteiger partial charge in [-0.3, -0.25) is 0 Å². The summed E-state index contributed by atoms with van der Waals surface area (Å²) >= 11 is 0. The van der Waals surface area contributed by atoms with Crippen LogP contribution in [0.15, 0.2) is 0 Å². The second kappa shape index (κ2) is 7.30. The van der Waals surface area contributed by atoms with Gasteiger partial charge in [-0.1, -0.05) is 78.6 Å².